The van der Waals surface area contributed by atoms with Gasteiger partial charge in [0.2, 0.25) is 5.91 Å². The summed E-state index contributed by atoms with van der Waals surface area (Å²) in [5, 5.41) is 13.9. The van der Waals surface area contributed by atoms with E-state index in [-0.39, 0.29) is 17.6 Å². The van der Waals surface area contributed by atoms with Crippen molar-refractivity contribution in [1.82, 2.24) is 10.2 Å². The van der Waals surface area contributed by atoms with Gasteiger partial charge in [0.1, 0.15) is 5.82 Å². The summed E-state index contributed by atoms with van der Waals surface area (Å²) in [7, 11) is 0. The van der Waals surface area contributed by atoms with Crippen LogP contribution >= 0.6 is 0 Å². The molecular formula is C20H29FN2O2. The fourth-order valence-corrected chi connectivity index (χ4v) is 4.04. The van der Waals surface area contributed by atoms with E-state index < -0.39 is 5.60 Å². The molecule has 1 saturated carbocycles. The summed E-state index contributed by atoms with van der Waals surface area (Å²) < 4.78 is 13.1. The number of nitrogens with zero attached hydrogens (tertiary/aromatic N) is 1. The molecule has 1 aliphatic carbocycles. The number of piperidine rings is 1. The molecule has 1 aliphatic heterocycles. The minimum absolute atomic E-state index is 0.207. The van der Waals surface area contributed by atoms with Gasteiger partial charge in [0, 0.05) is 32.1 Å². The monoisotopic (exact) mass is 348 g/mol. The zero-order valence-electron chi connectivity index (χ0n) is 14.8. The van der Waals surface area contributed by atoms with Gasteiger partial charge in [-0.25, -0.2) is 4.39 Å². The minimum atomic E-state index is -0.866. The Morgan fingerprint density at radius 3 is 2.44 bits per heavy atom. The van der Waals surface area contributed by atoms with E-state index in [0.29, 0.717) is 19.4 Å². The van der Waals surface area contributed by atoms with Crippen LogP contribution in [0.2, 0.25) is 0 Å². The lowest BCUT2D eigenvalue weighted by atomic mass is 9.84. The third-order valence-corrected chi connectivity index (χ3v) is 5.77. The third-order valence-electron chi connectivity index (χ3n) is 5.77. The second kappa shape index (κ2) is 8.28. The third kappa shape index (κ3) is 4.79. The van der Waals surface area contributed by atoms with Gasteiger partial charge in [-0.05, 0) is 43.4 Å². The lowest BCUT2D eigenvalue weighted by Gasteiger charge is -2.38. The molecule has 0 spiro atoms. The lowest BCUT2D eigenvalue weighted by Crippen LogP contribution is -2.45. The van der Waals surface area contributed by atoms with Gasteiger partial charge in [-0.15, -0.1) is 0 Å². The highest BCUT2D eigenvalue weighted by molar-refractivity contribution is 5.78. The molecule has 2 N–H and O–H groups in total. The first-order valence-corrected chi connectivity index (χ1v) is 9.55. The van der Waals surface area contributed by atoms with Crippen molar-refractivity contribution in [3.8, 4) is 0 Å². The summed E-state index contributed by atoms with van der Waals surface area (Å²) in [4.78, 5) is 14.4. The first kappa shape index (κ1) is 18.3. The number of halogens is 1. The maximum Gasteiger partial charge on any atom is 0.223 e. The number of carbonyl (C=O) groups is 1. The molecule has 25 heavy (non-hydrogen) atoms. The Morgan fingerprint density at radius 1 is 1.16 bits per heavy atom. The van der Waals surface area contributed by atoms with Crippen LogP contribution in [0.4, 0.5) is 4.39 Å². The summed E-state index contributed by atoms with van der Waals surface area (Å²) in [6, 6.07) is 6.16. The molecule has 3 rings (SSSR count). The van der Waals surface area contributed by atoms with Crippen LogP contribution in [0.1, 0.15) is 50.5 Å². The van der Waals surface area contributed by atoms with Crippen molar-refractivity contribution in [3.05, 3.63) is 35.6 Å². The summed E-state index contributed by atoms with van der Waals surface area (Å²) in [5.74, 6) is 0.136. The largest absolute Gasteiger partial charge is 0.385 e. The van der Waals surface area contributed by atoms with E-state index in [1.165, 1.54) is 31.4 Å². The lowest BCUT2D eigenvalue weighted by molar-refractivity contribution is -0.126. The molecule has 1 amide bonds. The summed E-state index contributed by atoms with van der Waals surface area (Å²) in [5.41, 5.74) is -0.0746. The van der Waals surface area contributed by atoms with E-state index in [4.69, 9.17) is 0 Å². The van der Waals surface area contributed by atoms with Crippen LogP contribution < -0.4 is 5.32 Å². The predicted molar refractivity (Wildman–Crippen MR) is 95.6 cm³/mol. The Bertz CT molecular complexity index is 562. The van der Waals surface area contributed by atoms with Crippen LogP contribution in [-0.2, 0) is 10.4 Å². The van der Waals surface area contributed by atoms with Gasteiger partial charge < -0.3 is 15.3 Å². The quantitative estimate of drug-likeness (QED) is 0.860. The molecule has 1 aromatic rings. The second-order valence-corrected chi connectivity index (χ2v) is 7.51. The smallest absolute Gasteiger partial charge is 0.223 e. The maximum absolute atomic E-state index is 13.1. The SMILES string of the molecule is O=C(NCCN1CCC(O)(c2ccc(F)cc2)CC1)C1CCCCC1. The molecule has 138 valence electrons. The van der Waals surface area contributed by atoms with Crippen LogP contribution in [0.3, 0.4) is 0 Å². The molecule has 1 saturated heterocycles. The van der Waals surface area contributed by atoms with Crippen molar-refractivity contribution in [3.63, 3.8) is 0 Å². The average Bonchev–Trinajstić information content (AvgIpc) is 2.64. The van der Waals surface area contributed by atoms with Crippen LogP contribution in [0.15, 0.2) is 24.3 Å². The number of nitrogens with one attached hydrogen (secondary N) is 1. The zero-order valence-corrected chi connectivity index (χ0v) is 14.8. The van der Waals surface area contributed by atoms with Gasteiger partial charge in [0.25, 0.3) is 0 Å². The molecule has 0 radical (unpaired) electrons. The van der Waals surface area contributed by atoms with Gasteiger partial charge in [-0.3, -0.25) is 4.79 Å². The van der Waals surface area contributed by atoms with Gasteiger partial charge in [0.05, 0.1) is 5.60 Å². The summed E-state index contributed by atoms with van der Waals surface area (Å²) >= 11 is 0. The molecule has 0 aromatic heterocycles. The highest BCUT2D eigenvalue weighted by Crippen LogP contribution is 2.32. The number of hydrogen-bond acceptors (Lipinski definition) is 3. The zero-order chi connectivity index (χ0) is 17.7. The first-order valence-electron chi connectivity index (χ1n) is 9.55. The molecule has 0 bridgehead atoms. The van der Waals surface area contributed by atoms with E-state index >= 15 is 0 Å². The number of hydrogen-bond donors (Lipinski definition) is 2. The Balaban J connectivity index is 1.40. The van der Waals surface area contributed by atoms with E-state index in [0.717, 1.165) is 38.0 Å². The molecule has 0 unspecified atom stereocenters. The van der Waals surface area contributed by atoms with Crippen molar-refractivity contribution in [2.24, 2.45) is 5.92 Å². The average molecular weight is 348 g/mol. The predicted octanol–water partition coefficient (Wildman–Crippen LogP) is 2.81. The van der Waals surface area contributed by atoms with E-state index in [9.17, 15) is 14.3 Å². The summed E-state index contributed by atoms with van der Waals surface area (Å²) in [6.07, 6.45) is 6.93. The fraction of sp³-hybridized carbons (Fsp3) is 0.650. The van der Waals surface area contributed by atoms with Crippen LogP contribution in [-0.4, -0.2) is 42.1 Å². The van der Waals surface area contributed by atoms with Crippen LogP contribution in [0.25, 0.3) is 0 Å². The minimum Gasteiger partial charge on any atom is -0.385 e. The molecule has 1 heterocycles. The Hall–Kier alpha value is -1.46. The standard InChI is InChI=1S/C20H29FN2O2/c21-18-8-6-17(7-9-18)20(25)10-13-23(14-11-20)15-12-22-19(24)16-4-2-1-3-5-16/h6-9,16,25H,1-5,10-15H2,(H,22,24). The highest BCUT2D eigenvalue weighted by Gasteiger charge is 2.33. The normalized spacial score (nSPS) is 21.8. The van der Waals surface area contributed by atoms with Gasteiger partial charge in [0.15, 0.2) is 0 Å². The van der Waals surface area contributed by atoms with Crippen LogP contribution in [0.5, 0.6) is 0 Å². The second-order valence-electron chi connectivity index (χ2n) is 7.51. The number of amides is 1. The maximum atomic E-state index is 13.1. The van der Waals surface area contributed by atoms with E-state index in [1.807, 2.05) is 0 Å². The molecule has 2 fully saturated rings. The molecule has 4 nitrogen and oxygen atoms in total. The topological polar surface area (TPSA) is 52.6 Å². The molecular weight excluding hydrogens is 319 g/mol. The van der Waals surface area contributed by atoms with Crippen molar-refractivity contribution in [1.29, 1.82) is 0 Å². The van der Waals surface area contributed by atoms with Gasteiger partial charge in [-0.1, -0.05) is 31.4 Å². The van der Waals surface area contributed by atoms with E-state index in [2.05, 4.69) is 10.2 Å². The van der Waals surface area contributed by atoms with Crippen molar-refractivity contribution in [2.45, 2.75) is 50.5 Å². The number of benzene rings is 1. The van der Waals surface area contributed by atoms with Crippen molar-refractivity contribution < 1.29 is 14.3 Å². The Labute approximate surface area is 149 Å². The Morgan fingerprint density at radius 2 is 1.80 bits per heavy atom. The number of rotatable bonds is 5. The van der Waals surface area contributed by atoms with Crippen molar-refractivity contribution >= 4 is 5.91 Å². The van der Waals surface area contributed by atoms with Crippen LogP contribution in [0, 0.1) is 11.7 Å². The molecule has 2 aliphatic rings. The van der Waals surface area contributed by atoms with Gasteiger partial charge >= 0.3 is 0 Å². The first-order chi connectivity index (χ1) is 12.1. The number of likely N-dealkylation sites (tertiary alicyclic amines) is 1. The number of carbonyl (C=O) groups excluding carboxylic acids is 1. The van der Waals surface area contributed by atoms with E-state index in [1.54, 1.807) is 12.1 Å². The number of aliphatic hydroxyl groups is 1. The molecule has 1 aromatic carbocycles. The Kier molecular flexibility index (Phi) is 6.07. The summed E-state index contributed by atoms with van der Waals surface area (Å²) in [6.45, 7) is 3.06. The highest BCUT2D eigenvalue weighted by atomic mass is 19.1. The fourth-order valence-electron chi connectivity index (χ4n) is 4.04. The van der Waals surface area contributed by atoms with Crippen molar-refractivity contribution in [2.75, 3.05) is 26.2 Å². The molecule has 5 heteroatoms. The molecule has 0 atom stereocenters. The van der Waals surface area contributed by atoms with Gasteiger partial charge in [-0.2, -0.15) is 0 Å².